The third-order valence-electron chi connectivity index (χ3n) is 6.51. The summed E-state index contributed by atoms with van der Waals surface area (Å²) in [5, 5.41) is 30.1. The number of rotatable bonds is 2. The molecule has 25 heavy (non-hydrogen) atoms. The number of ketones is 2. The number of carbonyl (C=O) groups excluding carboxylic acids is 2. The van der Waals surface area contributed by atoms with Crippen LogP contribution in [0.5, 0.6) is 0 Å². The predicted octanol–water partition coefficient (Wildman–Crippen LogP) is 2.39. The molecule has 0 saturated heterocycles. The summed E-state index contributed by atoms with van der Waals surface area (Å²) in [6, 6.07) is 0. The second-order valence-electron chi connectivity index (χ2n) is 8.25. The molecule has 0 aromatic carbocycles. The van der Waals surface area contributed by atoms with Crippen LogP contribution in [0.25, 0.3) is 0 Å². The van der Waals surface area contributed by atoms with Crippen LogP contribution in [0.2, 0.25) is 0 Å². The third-order valence-corrected chi connectivity index (χ3v) is 6.51. The lowest BCUT2D eigenvalue weighted by Gasteiger charge is -2.38. The summed E-state index contributed by atoms with van der Waals surface area (Å²) in [5.41, 5.74) is 1.31. The Bertz CT molecular complexity index is 756. The molecule has 0 aliphatic heterocycles. The summed E-state index contributed by atoms with van der Waals surface area (Å²) in [5.74, 6) is -1.30. The van der Waals surface area contributed by atoms with Crippen molar-refractivity contribution in [3.63, 3.8) is 0 Å². The van der Waals surface area contributed by atoms with Crippen LogP contribution in [0.15, 0.2) is 34.1 Å². The van der Waals surface area contributed by atoms with Crippen LogP contribution < -0.4 is 0 Å². The topological polar surface area (TPSA) is 94.8 Å². The average molecular weight is 346 g/mol. The number of hydrogen-bond acceptors (Lipinski definition) is 5. The zero-order chi connectivity index (χ0) is 18.7. The molecule has 0 saturated carbocycles. The molecule has 0 radical (unpaired) electrons. The smallest absolute Gasteiger partial charge is 0.224 e. The van der Waals surface area contributed by atoms with E-state index in [1.807, 2.05) is 13.8 Å². The van der Waals surface area contributed by atoms with Gasteiger partial charge in [-0.25, -0.2) is 0 Å². The van der Waals surface area contributed by atoms with Crippen molar-refractivity contribution in [3.8, 4) is 0 Å². The molecule has 4 atom stereocenters. The van der Waals surface area contributed by atoms with E-state index in [9.17, 15) is 24.9 Å². The van der Waals surface area contributed by atoms with Crippen LogP contribution in [0, 0.1) is 16.7 Å². The summed E-state index contributed by atoms with van der Waals surface area (Å²) in [7, 11) is 0. The quantitative estimate of drug-likeness (QED) is 0.714. The van der Waals surface area contributed by atoms with Crippen molar-refractivity contribution in [1.82, 2.24) is 0 Å². The molecule has 0 unspecified atom stereocenters. The van der Waals surface area contributed by atoms with Crippen LogP contribution >= 0.6 is 0 Å². The van der Waals surface area contributed by atoms with Crippen molar-refractivity contribution in [2.24, 2.45) is 16.7 Å². The molecular weight excluding hydrogens is 320 g/mol. The van der Waals surface area contributed by atoms with Gasteiger partial charge in [-0.15, -0.1) is 0 Å². The van der Waals surface area contributed by atoms with E-state index in [0.29, 0.717) is 36.0 Å². The highest BCUT2D eigenvalue weighted by Crippen LogP contribution is 2.57. The van der Waals surface area contributed by atoms with E-state index >= 15 is 0 Å². The summed E-state index contributed by atoms with van der Waals surface area (Å²) in [6.45, 7) is 7.29. The van der Waals surface area contributed by atoms with Crippen LogP contribution in [-0.2, 0) is 9.59 Å². The number of carbonyl (C=O) groups is 2. The number of fused-ring (bicyclic) bond motifs is 2. The van der Waals surface area contributed by atoms with Crippen molar-refractivity contribution in [2.75, 3.05) is 6.61 Å². The second kappa shape index (κ2) is 5.64. The highest BCUT2D eigenvalue weighted by Gasteiger charge is 2.52. The number of aliphatic hydroxyl groups is 3. The fourth-order valence-corrected chi connectivity index (χ4v) is 4.92. The van der Waals surface area contributed by atoms with Gasteiger partial charge in [0.05, 0.1) is 0 Å². The molecule has 5 heteroatoms. The minimum absolute atomic E-state index is 0.147. The first-order valence-electron chi connectivity index (χ1n) is 8.82. The lowest BCUT2D eigenvalue weighted by molar-refractivity contribution is -0.125. The minimum atomic E-state index is -1.01. The Labute approximate surface area is 147 Å². The first-order valence-corrected chi connectivity index (χ1v) is 8.82. The molecule has 0 amide bonds. The Morgan fingerprint density at radius 3 is 2.52 bits per heavy atom. The maximum atomic E-state index is 12.7. The van der Waals surface area contributed by atoms with E-state index in [4.69, 9.17) is 0 Å². The van der Waals surface area contributed by atoms with Gasteiger partial charge in [0.25, 0.3) is 0 Å². The van der Waals surface area contributed by atoms with Gasteiger partial charge in [-0.3, -0.25) is 9.59 Å². The number of aliphatic hydroxyl groups excluding tert-OH is 3. The summed E-state index contributed by atoms with van der Waals surface area (Å²) >= 11 is 0. The van der Waals surface area contributed by atoms with E-state index in [-0.39, 0.29) is 29.5 Å². The summed E-state index contributed by atoms with van der Waals surface area (Å²) < 4.78 is 0. The molecule has 0 aromatic heterocycles. The molecule has 0 spiro atoms. The Morgan fingerprint density at radius 2 is 1.92 bits per heavy atom. The normalized spacial score (nSPS) is 36.9. The van der Waals surface area contributed by atoms with Gasteiger partial charge in [0.15, 0.2) is 11.5 Å². The van der Waals surface area contributed by atoms with Gasteiger partial charge >= 0.3 is 0 Å². The van der Waals surface area contributed by atoms with E-state index in [2.05, 4.69) is 0 Å². The second-order valence-corrected chi connectivity index (χ2v) is 8.25. The van der Waals surface area contributed by atoms with Gasteiger partial charge in [-0.05, 0) is 54.4 Å². The molecule has 0 heterocycles. The van der Waals surface area contributed by atoms with E-state index in [1.54, 1.807) is 19.9 Å². The first-order chi connectivity index (χ1) is 11.6. The average Bonchev–Trinajstić information content (AvgIpc) is 2.66. The molecule has 136 valence electrons. The van der Waals surface area contributed by atoms with Gasteiger partial charge in [0.2, 0.25) is 5.78 Å². The molecule has 0 bridgehead atoms. The van der Waals surface area contributed by atoms with Gasteiger partial charge in [-0.1, -0.05) is 20.8 Å². The van der Waals surface area contributed by atoms with Crippen LogP contribution in [0.1, 0.15) is 47.0 Å². The zero-order valence-electron chi connectivity index (χ0n) is 15.2. The molecule has 3 aliphatic carbocycles. The van der Waals surface area contributed by atoms with Crippen molar-refractivity contribution < 1.29 is 24.9 Å². The maximum absolute atomic E-state index is 12.7. The SMILES string of the molecule is CC1=C2C=C3C(=O)C(O)=C([C@H](C)CO)[C@@]3(C)CC[C@]2(C)C[C@@H](O)C1=O. The number of Topliss-reactive ketones (excluding diaryl/α,β-unsaturated/α-hetero) is 2. The minimum Gasteiger partial charge on any atom is -0.504 e. The van der Waals surface area contributed by atoms with E-state index in [1.165, 1.54) is 0 Å². The fraction of sp³-hybridized carbons (Fsp3) is 0.600. The highest BCUT2D eigenvalue weighted by atomic mass is 16.3. The van der Waals surface area contributed by atoms with Crippen LogP contribution in [0.3, 0.4) is 0 Å². The fourth-order valence-electron chi connectivity index (χ4n) is 4.92. The molecule has 0 fully saturated rings. The lowest BCUT2D eigenvalue weighted by atomic mass is 9.66. The number of allylic oxidation sites excluding steroid dienone is 3. The van der Waals surface area contributed by atoms with Gasteiger partial charge in [0, 0.05) is 23.5 Å². The monoisotopic (exact) mass is 346 g/mol. The lowest BCUT2D eigenvalue weighted by Crippen LogP contribution is -2.37. The van der Waals surface area contributed by atoms with E-state index in [0.717, 1.165) is 5.57 Å². The Kier molecular flexibility index (Phi) is 4.08. The van der Waals surface area contributed by atoms with Crippen LogP contribution in [0.4, 0.5) is 0 Å². The van der Waals surface area contributed by atoms with Crippen molar-refractivity contribution in [2.45, 2.75) is 53.1 Å². The molecule has 0 aromatic rings. The van der Waals surface area contributed by atoms with Gasteiger partial charge < -0.3 is 15.3 Å². The predicted molar refractivity (Wildman–Crippen MR) is 92.8 cm³/mol. The van der Waals surface area contributed by atoms with Crippen molar-refractivity contribution in [1.29, 1.82) is 0 Å². The first kappa shape index (κ1) is 18.1. The van der Waals surface area contributed by atoms with Crippen molar-refractivity contribution >= 4 is 11.6 Å². The molecule has 5 nitrogen and oxygen atoms in total. The zero-order valence-corrected chi connectivity index (χ0v) is 15.2. The maximum Gasteiger partial charge on any atom is 0.224 e. The molecule has 3 N–H and O–H groups in total. The van der Waals surface area contributed by atoms with Crippen molar-refractivity contribution in [3.05, 3.63) is 34.1 Å². The Hall–Kier alpha value is -1.72. The largest absolute Gasteiger partial charge is 0.504 e. The summed E-state index contributed by atoms with van der Waals surface area (Å²) in [6.07, 6.45) is 2.40. The summed E-state index contributed by atoms with van der Waals surface area (Å²) in [4.78, 5) is 25.0. The number of hydrogen-bond donors (Lipinski definition) is 3. The van der Waals surface area contributed by atoms with Gasteiger partial charge in [0.1, 0.15) is 6.10 Å². The standard InChI is InChI=1S/C20H26O5/c1-10(9-21)15-18(25)17(24)13-7-12-11(2)16(23)14(22)8-19(12,3)5-6-20(13,15)4/h7,10,14,21-22,25H,5-6,8-9H2,1-4H3/t10-,14-,19-,20+/m1/s1. The third kappa shape index (κ3) is 2.36. The highest BCUT2D eigenvalue weighted by molar-refractivity contribution is 6.12. The van der Waals surface area contributed by atoms with E-state index < -0.39 is 17.3 Å². The molecule has 3 aliphatic rings. The molecular formula is C20H26O5. The van der Waals surface area contributed by atoms with Crippen LogP contribution in [-0.4, -0.2) is 39.6 Å². The Morgan fingerprint density at radius 1 is 1.28 bits per heavy atom. The Balaban J connectivity index is 2.21. The molecule has 3 rings (SSSR count). The van der Waals surface area contributed by atoms with Gasteiger partial charge in [-0.2, -0.15) is 0 Å².